The Morgan fingerprint density at radius 1 is 1.10 bits per heavy atom. The summed E-state index contributed by atoms with van der Waals surface area (Å²) in [6.45, 7) is 1.61. The van der Waals surface area contributed by atoms with Crippen LogP contribution in [0, 0.1) is 17.5 Å². The Bertz CT molecular complexity index is 1200. The highest BCUT2D eigenvalue weighted by Crippen LogP contribution is 2.34. The third kappa shape index (κ3) is 3.90. The van der Waals surface area contributed by atoms with E-state index in [0.29, 0.717) is 22.9 Å². The van der Waals surface area contributed by atoms with Crippen LogP contribution in [0.15, 0.2) is 48.9 Å². The van der Waals surface area contributed by atoms with E-state index in [4.69, 9.17) is 4.74 Å². The molecule has 1 atom stereocenters. The number of hydrogen-bond acceptors (Lipinski definition) is 6. The summed E-state index contributed by atoms with van der Waals surface area (Å²) in [5.41, 5.74) is 0.576. The van der Waals surface area contributed by atoms with Crippen LogP contribution in [0.25, 0.3) is 11.0 Å². The molecule has 0 aliphatic carbocycles. The van der Waals surface area contributed by atoms with Crippen molar-refractivity contribution in [1.29, 1.82) is 0 Å². The van der Waals surface area contributed by atoms with E-state index in [0.717, 1.165) is 18.2 Å². The molecule has 0 fully saturated rings. The van der Waals surface area contributed by atoms with Gasteiger partial charge in [-0.2, -0.15) is 5.10 Å². The summed E-state index contributed by atoms with van der Waals surface area (Å²) in [6, 6.07) is 6.76. The van der Waals surface area contributed by atoms with Gasteiger partial charge >= 0.3 is 0 Å². The molecule has 4 rings (SSSR count). The van der Waals surface area contributed by atoms with E-state index in [1.165, 1.54) is 29.6 Å². The van der Waals surface area contributed by atoms with E-state index in [9.17, 15) is 13.9 Å². The first-order valence-corrected chi connectivity index (χ1v) is 8.94. The van der Waals surface area contributed by atoms with Gasteiger partial charge in [-0.15, -0.1) is 0 Å². The predicted octanol–water partition coefficient (Wildman–Crippen LogP) is 4.08. The van der Waals surface area contributed by atoms with Crippen molar-refractivity contribution in [1.82, 2.24) is 20.2 Å². The number of aromatic nitrogens is 4. The highest BCUT2D eigenvalue weighted by atomic mass is 19.1. The Morgan fingerprint density at radius 2 is 1.93 bits per heavy atom. The summed E-state index contributed by atoms with van der Waals surface area (Å²) in [7, 11) is 0. The van der Waals surface area contributed by atoms with Crippen LogP contribution in [0.2, 0.25) is 0 Å². The van der Waals surface area contributed by atoms with Gasteiger partial charge in [-0.25, -0.2) is 23.1 Å². The van der Waals surface area contributed by atoms with Crippen molar-refractivity contribution in [2.75, 3.05) is 11.4 Å². The smallest absolute Gasteiger partial charge is 0.168 e. The van der Waals surface area contributed by atoms with Gasteiger partial charge in [0.25, 0.3) is 0 Å². The minimum absolute atomic E-state index is 0.0231. The van der Waals surface area contributed by atoms with Gasteiger partial charge in [-0.1, -0.05) is 0 Å². The summed E-state index contributed by atoms with van der Waals surface area (Å²) in [4.78, 5) is 9.77. The number of anilines is 2. The van der Waals surface area contributed by atoms with Crippen molar-refractivity contribution in [3.05, 3.63) is 66.4 Å². The quantitative estimate of drug-likeness (QED) is 0.494. The van der Waals surface area contributed by atoms with E-state index < -0.39 is 23.6 Å². The van der Waals surface area contributed by atoms with Crippen molar-refractivity contribution in [3.8, 4) is 11.5 Å². The van der Waals surface area contributed by atoms with Crippen LogP contribution in [0.3, 0.4) is 0 Å². The number of nitrogens with zero attached hydrogens (tertiary/aromatic N) is 4. The van der Waals surface area contributed by atoms with Crippen LogP contribution in [-0.4, -0.2) is 37.9 Å². The van der Waals surface area contributed by atoms with Gasteiger partial charge in [0.1, 0.15) is 23.7 Å². The average Bonchev–Trinajstić information content (AvgIpc) is 3.18. The van der Waals surface area contributed by atoms with Crippen molar-refractivity contribution in [2.45, 2.75) is 13.0 Å². The van der Waals surface area contributed by atoms with Crippen LogP contribution in [0.4, 0.5) is 24.7 Å². The Labute approximate surface area is 168 Å². The molecule has 1 unspecified atom stereocenters. The molecule has 2 aromatic heterocycles. The molecule has 2 aromatic carbocycles. The molecule has 0 saturated carbocycles. The summed E-state index contributed by atoms with van der Waals surface area (Å²) in [5.74, 6) is -2.20. The molecular weight excluding hydrogens is 399 g/mol. The number of H-pyrrole nitrogens is 1. The fraction of sp³-hybridized carbons (Fsp3) is 0.150. The molecule has 0 spiro atoms. The van der Waals surface area contributed by atoms with Crippen molar-refractivity contribution in [3.63, 3.8) is 0 Å². The normalized spacial score (nSPS) is 12.2. The minimum atomic E-state index is -0.904. The van der Waals surface area contributed by atoms with Gasteiger partial charge in [0, 0.05) is 12.1 Å². The van der Waals surface area contributed by atoms with E-state index >= 15 is 4.39 Å². The number of nitrogens with one attached hydrogen (secondary N) is 1. The molecule has 0 aliphatic heterocycles. The zero-order valence-electron chi connectivity index (χ0n) is 15.7. The summed E-state index contributed by atoms with van der Waals surface area (Å²) in [5, 5.41) is 17.1. The van der Waals surface area contributed by atoms with Gasteiger partial charge in [-0.3, -0.25) is 5.10 Å². The lowest BCUT2D eigenvalue weighted by molar-refractivity contribution is 0.203. The molecule has 7 nitrogen and oxygen atoms in total. The number of benzene rings is 2. The second kappa shape index (κ2) is 7.99. The van der Waals surface area contributed by atoms with Crippen molar-refractivity contribution < 1.29 is 23.0 Å². The van der Waals surface area contributed by atoms with Crippen LogP contribution < -0.4 is 9.64 Å². The average molecular weight is 415 g/mol. The molecule has 2 heterocycles. The van der Waals surface area contributed by atoms with Gasteiger partial charge in [0.05, 0.1) is 29.9 Å². The Morgan fingerprint density at radius 3 is 2.67 bits per heavy atom. The van der Waals surface area contributed by atoms with Crippen molar-refractivity contribution >= 4 is 22.5 Å². The first-order chi connectivity index (χ1) is 14.4. The Balaban J connectivity index is 1.70. The summed E-state index contributed by atoms with van der Waals surface area (Å²) in [6.07, 6.45) is 2.01. The topological polar surface area (TPSA) is 87.2 Å². The second-order valence-electron chi connectivity index (χ2n) is 6.58. The van der Waals surface area contributed by atoms with E-state index in [-0.39, 0.29) is 23.7 Å². The molecular formula is C20H16F3N5O2. The number of rotatable bonds is 6. The fourth-order valence-electron chi connectivity index (χ4n) is 2.99. The van der Waals surface area contributed by atoms with Crippen LogP contribution in [0.5, 0.6) is 11.5 Å². The van der Waals surface area contributed by atoms with Gasteiger partial charge in [0.15, 0.2) is 23.0 Å². The fourth-order valence-corrected chi connectivity index (χ4v) is 2.99. The zero-order chi connectivity index (χ0) is 21.3. The number of ether oxygens (including phenoxy) is 1. The lowest BCUT2D eigenvalue weighted by atomic mass is 10.2. The molecule has 0 saturated heterocycles. The molecule has 0 bridgehead atoms. The second-order valence-corrected chi connectivity index (χ2v) is 6.58. The molecule has 154 valence electrons. The number of aliphatic hydroxyl groups is 1. The summed E-state index contributed by atoms with van der Waals surface area (Å²) >= 11 is 0. The van der Waals surface area contributed by atoms with Gasteiger partial charge in [-0.05, 0) is 31.2 Å². The van der Waals surface area contributed by atoms with Gasteiger partial charge in [0.2, 0.25) is 0 Å². The van der Waals surface area contributed by atoms with E-state index in [2.05, 4.69) is 20.2 Å². The third-order valence-corrected chi connectivity index (χ3v) is 4.26. The molecule has 10 heteroatoms. The number of halogens is 3. The van der Waals surface area contributed by atoms with E-state index in [1.54, 1.807) is 6.92 Å². The maximum Gasteiger partial charge on any atom is 0.168 e. The first-order valence-electron chi connectivity index (χ1n) is 8.94. The van der Waals surface area contributed by atoms with Crippen LogP contribution >= 0.6 is 0 Å². The molecule has 0 radical (unpaired) electrons. The Hall–Kier alpha value is -3.66. The maximum atomic E-state index is 15.0. The van der Waals surface area contributed by atoms with E-state index in [1.807, 2.05) is 0 Å². The predicted molar refractivity (Wildman–Crippen MR) is 103 cm³/mol. The maximum absolute atomic E-state index is 15.0. The summed E-state index contributed by atoms with van der Waals surface area (Å²) < 4.78 is 47.2. The standard InChI is InChI=1S/C20H16F3N5O2/c1-11(29)9-28(20-14-8-26-27-19(14)24-10-25-20)17-4-3-13(7-15(17)22)30-18-5-2-12(21)6-16(18)23/h2-8,10-11,29H,9H2,1H3,(H,24,25,26,27). The van der Waals surface area contributed by atoms with Crippen LogP contribution in [0.1, 0.15) is 6.92 Å². The highest BCUT2D eigenvalue weighted by molar-refractivity contribution is 5.88. The number of hydrogen-bond donors (Lipinski definition) is 2. The number of aromatic amines is 1. The Kier molecular flexibility index (Phi) is 5.23. The monoisotopic (exact) mass is 415 g/mol. The third-order valence-electron chi connectivity index (χ3n) is 4.26. The number of aliphatic hydroxyl groups excluding tert-OH is 1. The zero-order valence-corrected chi connectivity index (χ0v) is 15.7. The minimum Gasteiger partial charge on any atom is -0.454 e. The largest absolute Gasteiger partial charge is 0.454 e. The SMILES string of the molecule is CC(O)CN(c1ccc(Oc2ccc(F)cc2F)cc1F)c1ncnc2[nH]ncc12. The van der Waals surface area contributed by atoms with Crippen molar-refractivity contribution in [2.24, 2.45) is 0 Å². The molecule has 30 heavy (non-hydrogen) atoms. The lowest BCUT2D eigenvalue weighted by Crippen LogP contribution is -2.28. The molecule has 0 aliphatic rings. The lowest BCUT2D eigenvalue weighted by Gasteiger charge is -2.26. The highest BCUT2D eigenvalue weighted by Gasteiger charge is 2.21. The van der Waals surface area contributed by atoms with Gasteiger partial charge < -0.3 is 14.7 Å². The number of fused-ring (bicyclic) bond motifs is 1. The first kappa shape index (κ1) is 19.6. The molecule has 0 amide bonds. The van der Waals surface area contributed by atoms with Crippen LogP contribution in [-0.2, 0) is 0 Å². The molecule has 4 aromatic rings. The molecule has 2 N–H and O–H groups in total.